The van der Waals surface area contributed by atoms with Gasteiger partial charge in [-0.3, -0.25) is 14.7 Å². The van der Waals surface area contributed by atoms with E-state index in [2.05, 4.69) is 25.7 Å². The van der Waals surface area contributed by atoms with Gasteiger partial charge in [0.05, 0.1) is 11.4 Å². The number of carboxylic acids is 1. The quantitative estimate of drug-likeness (QED) is 0.836. The highest BCUT2D eigenvalue weighted by Gasteiger charge is 2.44. The molecule has 3 atom stereocenters. The third-order valence-electron chi connectivity index (χ3n) is 4.23. The number of benzene rings is 1. The fraction of sp³-hybridized carbons (Fsp3) is 0.556. The van der Waals surface area contributed by atoms with Crippen molar-refractivity contribution in [2.75, 3.05) is 18.1 Å². The second-order valence-corrected chi connectivity index (χ2v) is 9.80. The molecule has 1 fully saturated rings. The van der Waals surface area contributed by atoms with Gasteiger partial charge in [0.25, 0.3) is 0 Å². The monoisotopic (exact) mass is 380 g/mol. The largest absolute Gasteiger partial charge is 0.507 e. The number of phenolic OH excluding ortho intramolecular Hbond substituents is 1. The Morgan fingerprint density at radius 2 is 2.04 bits per heavy atom. The van der Waals surface area contributed by atoms with Gasteiger partial charge in [0.15, 0.2) is 0 Å². The van der Waals surface area contributed by atoms with Crippen molar-refractivity contribution in [2.45, 2.75) is 38.2 Å². The Labute approximate surface area is 156 Å². The van der Waals surface area contributed by atoms with Crippen LogP contribution in [0.1, 0.15) is 26.3 Å². The molecule has 2 aliphatic heterocycles. The fourth-order valence-corrected chi connectivity index (χ4v) is 5.94. The van der Waals surface area contributed by atoms with E-state index in [-0.39, 0.29) is 22.6 Å². The Bertz CT molecular complexity index is 687. The van der Waals surface area contributed by atoms with E-state index in [1.54, 1.807) is 35.7 Å². The topological polar surface area (TPSA) is 73.1 Å². The van der Waals surface area contributed by atoms with Crippen molar-refractivity contribution >= 4 is 34.5 Å². The molecule has 0 amide bonds. The minimum absolute atomic E-state index is 0.0207. The molecule has 0 saturated carbocycles. The highest BCUT2D eigenvalue weighted by Crippen LogP contribution is 2.39. The van der Waals surface area contributed by atoms with Crippen LogP contribution in [0.4, 0.5) is 0 Å². The van der Waals surface area contributed by atoms with Crippen LogP contribution in [0, 0.1) is 5.41 Å². The standard InChI is InChI=1S/C18H24N2O3S2/c1-18(2,3)10-20-13(17(22)23)9-25-16(20)12-8-24-15(19-12)11-6-4-5-7-14(11)21/h4-7,12-13,16,21H,8-10H2,1-3H3,(H,22,23)/t12-,13+,16?/m1/s1. The molecular formula is C18H24N2O3S2. The molecule has 136 valence electrons. The third-order valence-corrected chi connectivity index (χ3v) is 6.77. The molecule has 7 heteroatoms. The zero-order valence-corrected chi connectivity index (χ0v) is 16.3. The van der Waals surface area contributed by atoms with E-state index in [4.69, 9.17) is 4.99 Å². The van der Waals surface area contributed by atoms with Gasteiger partial charge in [0.1, 0.15) is 16.8 Å². The first-order valence-electron chi connectivity index (χ1n) is 8.35. The lowest BCUT2D eigenvalue weighted by Crippen LogP contribution is -2.48. The average molecular weight is 381 g/mol. The first-order chi connectivity index (χ1) is 11.8. The molecule has 25 heavy (non-hydrogen) atoms. The second-order valence-electron chi connectivity index (χ2n) is 7.64. The van der Waals surface area contributed by atoms with Gasteiger partial charge >= 0.3 is 5.97 Å². The van der Waals surface area contributed by atoms with Crippen LogP contribution >= 0.6 is 23.5 Å². The zero-order valence-electron chi connectivity index (χ0n) is 14.7. The van der Waals surface area contributed by atoms with Gasteiger partial charge in [-0.1, -0.05) is 32.9 Å². The number of phenols is 1. The van der Waals surface area contributed by atoms with Crippen molar-refractivity contribution in [1.29, 1.82) is 0 Å². The maximum Gasteiger partial charge on any atom is 0.321 e. The third kappa shape index (κ3) is 4.15. The van der Waals surface area contributed by atoms with Gasteiger partial charge in [-0.05, 0) is 17.5 Å². The van der Waals surface area contributed by atoms with E-state index < -0.39 is 12.0 Å². The van der Waals surface area contributed by atoms with Crippen LogP contribution in [0.15, 0.2) is 29.3 Å². The van der Waals surface area contributed by atoms with Gasteiger partial charge < -0.3 is 10.2 Å². The zero-order chi connectivity index (χ0) is 18.2. The number of aliphatic carboxylic acids is 1. The van der Waals surface area contributed by atoms with Crippen LogP contribution in [0.3, 0.4) is 0 Å². The average Bonchev–Trinajstić information content (AvgIpc) is 3.12. The van der Waals surface area contributed by atoms with Gasteiger partial charge in [-0.2, -0.15) is 0 Å². The van der Waals surface area contributed by atoms with Crippen LogP contribution < -0.4 is 0 Å². The number of thioether (sulfide) groups is 2. The maximum absolute atomic E-state index is 11.7. The number of hydrogen-bond acceptors (Lipinski definition) is 6. The molecule has 2 aliphatic rings. The van der Waals surface area contributed by atoms with Gasteiger partial charge in [0.2, 0.25) is 0 Å². The van der Waals surface area contributed by atoms with E-state index in [1.807, 2.05) is 12.1 Å². The van der Waals surface area contributed by atoms with Crippen LogP contribution in [0.5, 0.6) is 5.75 Å². The number of aromatic hydroxyl groups is 1. The first kappa shape index (κ1) is 18.6. The first-order valence-corrected chi connectivity index (χ1v) is 10.4. The molecule has 2 heterocycles. The molecule has 0 spiro atoms. The number of aliphatic imine (C=N–C) groups is 1. The van der Waals surface area contributed by atoms with Crippen LogP contribution in [0.25, 0.3) is 0 Å². The Morgan fingerprint density at radius 3 is 2.68 bits per heavy atom. The lowest BCUT2D eigenvalue weighted by Gasteiger charge is -2.34. The van der Waals surface area contributed by atoms with E-state index >= 15 is 0 Å². The van der Waals surface area contributed by atoms with Crippen LogP contribution in [0.2, 0.25) is 0 Å². The molecule has 1 saturated heterocycles. The summed E-state index contributed by atoms with van der Waals surface area (Å²) >= 11 is 3.33. The highest BCUT2D eigenvalue weighted by molar-refractivity contribution is 8.14. The predicted molar refractivity (Wildman–Crippen MR) is 105 cm³/mol. The molecule has 0 bridgehead atoms. The van der Waals surface area contributed by atoms with E-state index in [0.717, 1.165) is 22.9 Å². The van der Waals surface area contributed by atoms with Crippen LogP contribution in [-0.4, -0.2) is 61.6 Å². The molecule has 0 aliphatic carbocycles. The highest BCUT2D eigenvalue weighted by atomic mass is 32.2. The summed E-state index contributed by atoms with van der Waals surface area (Å²) in [5.74, 6) is 0.894. The second kappa shape index (κ2) is 7.21. The molecule has 1 aromatic carbocycles. The molecule has 5 nitrogen and oxygen atoms in total. The number of carbonyl (C=O) groups is 1. The summed E-state index contributed by atoms with van der Waals surface area (Å²) in [6, 6.07) is 6.81. The number of nitrogens with zero attached hydrogens (tertiary/aromatic N) is 2. The summed E-state index contributed by atoms with van der Waals surface area (Å²) in [7, 11) is 0. The van der Waals surface area contributed by atoms with Crippen molar-refractivity contribution in [3.63, 3.8) is 0 Å². The van der Waals surface area contributed by atoms with E-state index in [0.29, 0.717) is 5.75 Å². The summed E-state index contributed by atoms with van der Waals surface area (Å²) in [6.45, 7) is 7.12. The number of carboxylic acid groups (broad SMARTS) is 1. The van der Waals surface area contributed by atoms with Gasteiger partial charge in [-0.15, -0.1) is 23.5 Å². The van der Waals surface area contributed by atoms with Crippen molar-refractivity contribution < 1.29 is 15.0 Å². The van der Waals surface area contributed by atoms with Crippen molar-refractivity contribution in [2.24, 2.45) is 10.4 Å². The lowest BCUT2D eigenvalue weighted by molar-refractivity contribution is -0.142. The molecule has 1 aromatic rings. The molecule has 2 N–H and O–H groups in total. The molecule has 0 radical (unpaired) electrons. The number of rotatable bonds is 4. The Kier molecular flexibility index (Phi) is 5.37. The summed E-state index contributed by atoms with van der Waals surface area (Å²) < 4.78 is 0. The Hall–Kier alpha value is -1.18. The summed E-state index contributed by atoms with van der Waals surface area (Å²) in [6.07, 6.45) is 0. The summed E-state index contributed by atoms with van der Waals surface area (Å²) in [4.78, 5) is 18.6. The van der Waals surface area contributed by atoms with Crippen molar-refractivity contribution in [3.8, 4) is 5.75 Å². The van der Waals surface area contributed by atoms with Crippen LogP contribution in [-0.2, 0) is 4.79 Å². The fourth-order valence-electron chi connectivity index (χ4n) is 3.19. The van der Waals surface area contributed by atoms with Crippen molar-refractivity contribution in [1.82, 2.24) is 4.90 Å². The minimum Gasteiger partial charge on any atom is -0.507 e. The predicted octanol–water partition coefficient (Wildman–Crippen LogP) is 3.13. The normalized spacial score (nSPS) is 27.5. The molecular weight excluding hydrogens is 356 g/mol. The summed E-state index contributed by atoms with van der Waals surface area (Å²) in [5.41, 5.74) is 0.780. The number of para-hydroxylation sites is 1. The molecule has 3 rings (SSSR count). The Balaban J connectivity index is 1.83. The summed E-state index contributed by atoms with van der Waals surface area (Å²) in [5, 5.41) is 20.5. The lowest BCUT2D eigenvalue weighted by atomic mass is 9.95. The smallest absolute Gasteiger partial charge is 0.321 e. The van der Waals surface area contributed by atoms with Crippen molar-refractivity contribution in [3.05, 3.63) is 29.8 Å². The minimum atomic E-state index is -0.755. The maximum atomic E-state index is 11.7. The van der Waals surface area contributed by atoms with E-state index in [1.165, 1.54) is 0 Å². The Morgan fingerprint density at radius 1 is 1.32 bits per heavy atom. The SMILES string of the molecule is CC(C)(C)CN1C([C@H]2CSC(c3ccccc3O)=N2)SC[C@H]1C(=O)O. The van der Waals surface area contributed by atoms with Gasteiger partial charge in [-0.25, -0.2) is 0 Å². The number of hydrogen-bond donors (Lipinski definition) is 2. The molecule has 0 aromatic heterocycles. The van der Waals surface area contributed by atoms with E-state index in [9.17, 15) is 15.0 Å². The molecule has 1 unspecified atom stereocenters. The van der Waals surface area contributed by atoms with Gasteiger partial charge in [0, 0.05) is 23.6 Å².